The van der Waals surface area contributed by atoms with E-state index in [1.54, 1.807) is 30.3 Å². The molecule has 3 aromatic rings. The lowest BCUT2D eigenvalue weighted by Crippen LogP contribution is -2.31. The number of benzene rings is 3. The van der Waals surface area contributed by atoms with Crippen molar-refractivity contribution in [2.75, 3.05) is 30.3 Å². The van der Waals surface area contributed by atoms with E-state index in [4.69, 9.17) is 23.2 Å². The minimum Gasteiger partial charge on any atom is -0.322 e. The first-order valence-corrected chi connectivity index (χ1v) is 14.0. The summed E-state index contributed by atoms with van der Waals surface area (Å²) >= 11 is 12.3. The third-order valence-electron chi connectivity index (χ3n) is 5.05. The van der Waals surface area contributed by atoms with Gasteiger partial charge in [0, 0.05) is 25.3 Å². The second kappa shape index (κ2) is 11.0. The summed E-state index contributed by atoms with van der Waals surface area (Å²) in [6.45, 7) is 3.61. The number of nitrogens with zero attached hydrogens (tertiary/aromatic N) is 2. The predicted molar refractivity (Wildman–Crippen MR) is 143 cm³/mol. The fourth-order valence-electron chi connectivity index (χ4n) is 3.19. The Labute approximate surface area is 220 Å². The largest absolute Gasteiger partial charge is 0.322 e. The molecular weight excluding hydrogens is 545 g/mol. The van der Waals surface area contributed by atoms with E-state index >= 15 is 0 Å². The molecule has 1 N–H and O–H groups in total. The van der Waals surface area contributed by atoms with Gasteiger partial charge in [0.2, 0.25) is 10.0 Å². The van der Waals surface area contributed by atoms with Gasteiger partial charge >= 0.3 is 0 Å². The van der Waals surface area contributed by atoms with E-state index in [0.717, 1.165) is 8.61 Å². The fourth-order valence-corrected chi connectivity index (χ4v) is 6.53. The Balaban J connectivity index is 1.98. The van der Waals surface area contributed by atoms with Gasteiger partial charge in [-0.05, 0) is 48.5 Å². The first-order valence-electron chi connectivity index (χ1n) is 10.4. The summed E-state index contributed by atoms with van der Waals surface area (Å²) in [6.07, 6.45) is 1.44. The van der Waals surface area contributed by atoms with E-state index in [2.05, 4.69) is 11.9 Å². The number of rotatable bonds is 9. The quantitative estimate of drug-likeness (QED) is 0.371. The summed E-state index contributed by atoms with van der Waals surface area (Å²) in [6, 6.07) is 16.3. The van der Waals surface area contributed by atoms with Crippen LogP contribution < -0.4 is 9.62 Å². The van der Waals surface area contributed by atoms with Crippen molar-refractivity contribution in [2.24, 2.45) is 0 Å². The normalized spacial score (nSPS) is 11.8. The van der Waals surface area contributed by atoms with Crippen LogP contribution in [-0.4, -0.2) is 47.7 Å². The van der Waals surface area contributed by atoms with Crippen LogP contribution in [0.15, 0.2) is 89.2 Å². The minimum absolute atomic E-state index is 0.00319. The maximum atomic E-state index is 13.5. The SMILES string of the molecule is C=CCN(c1ccccc1)S(=O)(=O)c1cc(C(=O)Nc2ccc(Cl)c(S(=O)(=O)N(C)C)c2)ccc1Cl. The summed E-state index contributed by atoms with van der Waals surface area (Å²) in [5.41, 5.74) is 0.553. The van der Waals surface area contributed by atoms with Crippen LogP contribution in [0, 0.1) is 0 Å². The molecule has 0 aliphatic rings. The Morgan fingerprint density at radius 3 is 2.06 bits per heavy atom. The average molecular weight is 569 g/mol. The molecule has 0 aromatic heterocycles. The first-order chi connectivity index (χ1) is 16.9. The molecule has 12 heteroatoms. The molecule has 0 saturated heterocycles. The smallest absolute Gasteiger partial charge is 0.266 e. The standard InChI is InChI=1S/C24H23Cl2N3O5S2/c1-4-14-29(19-8-6-5-7-9-19)36(33,34)22-15-17(10-12-20(22)25)24(30)27-18-11-13-21(26)23(16-18)35(31,32)28(2)3/h4-13,15-16H,1,14H2,2-3H3,(H,27,30). The summed E-state index contributed by atoms with van der Waals surface area (Å²) in [5, 5.41) is 2.50. The molecular formula is C24H23Cl2N3O5S2. The number of amides is 1. The van der Waals surface area contributed by atoms with Crippen molar-refractivity contribution in [3.05, 3.63) is 95.0 Å². The van der Waals surface area contributed by atoms with E-state index in [1.165, 1.54) is 56.6 Å². The highest BCUT2D eigenvalue weighted by atomic mass is 35.5. The molecule has 0 bridgehead atoms. The monoisotopic (exact) mass is 567 g/mol. The molecule has 0 radical (unpaired) electrons. The van der Waals surface area contributed by atoms with Crippen molar-refractivity contribution in [1.29, 1.82) is 0 Å². The molecule has 0 saturated carbocycles. The van der Waals surface area contributed by atoms with Crippen LogP contribution in [0.25, 0.3) is 0 Å². The minimum atomic E-state index is -4.17. The molecule has 0 atom stereocenters. The Morgan fingerprint density at radius 2 is 1.47 bits per heavy atom. The number of carbonyl (C=O) groups is 1. The Kier molecular flexibility index (Phi) is 8.48. The third-order valence-corrected chi connectivity index (χ3v) is 9.62. The molecule has 190 valence electrons. The molecule has 3 rings (SSSR count). The number of anilines is 2. The van der Waals surface area contributed by atoms with Crippen LogP contribution in [0.5, 0.6) is 0 Å². The lowest BCUT2D eigenvalue weighted by atomic mass is 10.2. The van der Waals surface area contributed by atoms with Crippen molar-refractivity contribution in [2.45, 2.75) is 9.79 Å². The highest BCUT2D eigenvalue weighted by Gasteiger charge is 2.28. The second-order valence-corrected chi connectivity index (χ2v) is 12.5. The van der Waals surface area contributed by atoms with Crippen molar-refractivity contribution in [1.82, 2.24) is 4.31 Å². The van der Waals surface area contributed by atoms with E-state index in [9.17, 15) is 21.6 Å². The molecule has 0 fully saturated rings. The third kappa shape index (κ3) is 5.74. The van der Waals surface area contributed by atoms with E-state index in [0.29, 0.717) is 5.69 Å². The Morgan fingerprint density at radius 1 is 0.889 bits per heavy atom. The van der Waals surface area contributed by atoms with Crippen molar-refractivity contribution < 1.29 is 21.6 Å². The molecule has 0 aliphatic carbocycles. The van der Waals surface area contributed by atoms with Crippen LogP contribution in [0.2, 0.25) is 10.0 Å². The summed E-state index contributed by atoms with van der Waals surface area (Å²) in [4.78, 5) is 12.5. The zero-order chi connectivity index (χ0) is 26.7. The number of para-hydroxylation sites is 1. The average Bonchev–Trinajstić information content (AvgIpc) is 2.84. The summed E-state index contributed by atoms with van der Waals surface area (Å²) in [7, 11) is -5.32. The molecule has 1 amide bonds. The maximum Gasteiger partial charge on any atom is 0.266 e. The molecule has 3 aromatic carbocycles. The van der Waals surface area contributed by atoms with Crippen LogP contribution >= 0.6 is 23.2 Å². The van der Waals surface area contributed by atoms with Gasteiger partial charge in [0.1, 0.15) is 9.79 Å². The van der Waals surface area contributed by atoms with Crippen LogP contribution in [-0.2, 0) is 20.0 Å². The summed E-state index contributed by atoms with van der Waals surface area (Å²) < 4.78 is 54.2. The van der Waals surface area contributed by atoms with Gasteiger partial charge in [0.25, 0.3) is 15.9 Å². The van der Waals surface area contributed by atoms with E-state index in [1.807, 2.05) is 0 Å². The van der Waals surface area contributed by atoms with Crippen molar-refractivity contribution in [3.63, 3.8) is 0 Å². The van der Waals surface area contributed by atoms with Crippen LogP contribution in [0.3, 0.4) is 0 Å². The van der Waals surface area contributed by atoms with Gasteiger partial charge in [-0.15, -0.1) is 6.58 Å². The van der Waals surface area contributed by atoms with E-state index < -0.39 is 26.0 Å². The Bertz CT molecular complexity index is 1510. The first kappa shape index (κ1) is 27.7. The predicted octanol–water partition coefficient (Wildman–Crippen LogP) is 4.88. The molecule has 8 nitrogen and oxygen atoms in total. The fraction of sp³-hybridized carbons (Fsp3) is 0.125. The molecule has 36 heavy (non-hydrogen) atoms. The van der Waals surface area contributed by atoms with Crippen molar-refractivity contribution >= 4 is 60.5 Å². The zero-order valence-electron chi connectivity index (χ0n) is 19.4. The molecule has 0 spiro atoms. The zero-order valence-corrected chi connectivity index (χ0v) is 22.5. The van der Waals surface area contributed by atoms with Gasteiger partial charge in [0.05, 0.1) is 22.3 Å². The van der Waals surface area contributed by atoms with Gasteiger partial charge in [-0.25, -0.2) is 21.1 Å². The highest BCUT2D eigenvalue weighted by Crippen LogP contribution is 2.30. The van der Waals surface area contributed by atoms with Gasteiger partial charge in [-0.3, -0.25) is 9.10 Å². The molecule has 0 aliphatic heterocycles. The van der Waals surface area contributed by atoms with E-state index in [-0.39, 0.29) is 37.6 Å². The van der Waals surface area contributed by atoms with Gasteiger partial charge in [-0.1, -0.05) is 47.5 Å². The van der Waals surface area contributed by atoms with Crippen LogP contribution in [0.4, 0.5) is 11.4 Å². The van der Waals surface area contributed by atoms with Crippen molar-refractivity contribution in [3.8, 4) is 0 Å². The maximum absolute atomic E-state index is 13.5. The number of hydrogen-bond donors (Lipinski definition) is 1. The topological polar surface area (TPSA) is 104 Å². The second-order valence-electron chi connectivity index (χ2n) is 7.69. The lowest BCUT2D eigenvalue weighted by molar-refractivity contribution is 0.102. The number of sulfonamides is 2. The number of carbonyl (C=O) groups excluding carboxylic acids is 1. The Hall–Kier alpha value is -2.89. The highest BCUT2D eigenvalue weighted by molar-refractivity contribution is 7.93. The van der Waals surface area contributed by atoms with Gasteiger partial charge < -0.3 is 5.32 Å². The molecule has 0 heterocycles. The van der Waals surface area contributed by atoms with Gasteiger partial charge in [0.15, 0.2) is 0 Å². The van der Waals surface area contributed by atoms with Gasteiger partial charge in [-0.2, -0.15) is 0 Å². The lowest BCUT2D eigenvalue weighted by Gasteiger charge is -2.24. The number of nitrogens with one attached hydrogen (secondary N) is 1. The number of hydrogen-bond acceptors (Lipinski definition) is 5. The van der Waals surface area contributed by atoms with Crippen LogP contribution in [0.1, 0.15) is 10.4 Å². The number of halogens is 2. The molecule has 0 unspecified atom stereocenters. The summed E-state index contributed by atoms with van der Waals surface area (Å²) in [5.74, 6) is -0.673.